The first-order chi connectivity index (χ1) is 13.1. The van der Waals surface area contributed by atoms with E-state index in [4.69, 9.17) is 0 Å². The van der Waals surface area contributed by atoms with Gasteiger partial charge in [0.05, 0.1) is 17.6 Å². The first-order valence-electron chi connectivity index (χ1n) is 8.56. The van der Waals surface area contributed by atoms with Crippen LogP contribution in [0.25, 0.3) is 6.08 Å². The molecule has 0 unspecified atom stereocenters. The first kappa shape index (κ1) is 18.8. The average Bonchev–Trinajstić information content (AvgIpc) is 3.26. The van der Waals surface area contributed by atoms with Gasteiger partial charge in [0.25, 0.3) is 5.91 Å². The fourth-order valence-electron chi connectivity index (χ4n) is 2.81. The second-order valence-corrected chi connectivity index (χ2v) is 6.99. The number of amides is 2. The van der Waals surface area contributed by atoms with E-state index in [1.165, 1.54) is 24.5 Å². The van der Waals surface area contributed by atoms with Crippen molar-refractivity contribution in [2.75, 3.05) is 33.3 Å². The van der Waals surface area contributed by atoms with Crippen LogP contribution in [0.1, 0.15) is 25.6 Å². The highest BCUT2D eigenvalue weighted by molar-refractivity contribution is 7.12. The number of methoxy groups -OCH3 is 1. The highest BCUT2D eigenvalue weighted by Crippen LogP contribution is 2.14. The van der Waals surface area contributed by atoms with Gasteiger partial charge in [0.15, 0.2) is 0 Å². The molecular weight excluding hydrogens is 364 g/mol. The Labute approximate surface area is 161 Å². The molecule has 2 amide bonds. The molecule has 1 aliphatic heterocycles. The van der Waals surface area contributed by atoms with E-state index in [0.29, 0.717) is 31.7 Å². The molecule has 6 nitrogen and oxygen atoms in total. The first-order valence-corrected chi connectivity index (χ1v) is 9.44. The maximum Gasteiger partial charge on any atom is 0.337 e. The van der Waals surface area contributed by atoms with E-state index in [9.17, 15) is 14.4 Å². The van der Waals surface area contributed by atoms with Crippen molar-refractivity contribution in [1.82, 2.24) is 9.80 Å². The lowest BCUT2D eigenvalue weighted by molar-refractivity contribution is -0.127. The normalized spacial score (nSPS) is 14.4. The number of carbonyl (C=O) groups excluding carboxylic acids is 3. The van der Waals surface area contributed by atoms with Gasteiger partial charge < -0.3 is 14.5 Å². The number of piperazine rings is 1. The average molecular weight is 384 g/mol. The van der Waals surface area contributed by atoms with Gasteiger partial charge in [-0.05, 0) is 35.2 Å². The molecule has 0 aliphatic carbocycles. The van der Waals surface area contributed by atoms with Gasteiger partial charge in [-0.15, -0.1) is 11.3 Å². The Morgan fingerprint density at radius 1 is 1.00 bits per heavy atom. The van der Waals surface area contributed by atoms with Crippen molar-refractivity contribution in [3.05, 3.63) is 63.9 Å². The number of hydrogen-bond acceptors (Lipinski definition) is 5. The number of carbonyl (C=O) groups is 3. The summed E-state index contributed by atoms with van der Waals surface area (Å²) in [5, 5.41) is 1.88. The lowest BCUT2D eigenvalue weighted by Gasteiger charge is -2.34. The van der Waals surface area contributed by atoms with Crippen LogP contribution in [0.4, 0.5) is 0 Å². The van der Waals surface area contributed by atoms with E-state index in [1.54, 1.807) is 40.1 Å². The van der Waals surface area contributed by atoms with Crippen LogP contribution in [-0.4, -0.2) is 60.9 Å². The number of rotatable bonds is 4. The summed E-state index contributed by atoms with van der Waals surface area (Å²) in [6.45, 7) is 2.09. The minimum Gasteiger partial charge on any atom is -0.465 e. The third-order valence-electron chi connectivity index (χ3n) is 4.36. The molecule has 3 rings (SSSR count). The van der Waals surface area contributed by atoms with Gasteiger partial charge in [-0.25, -0.2) is 4.79 Å². The molecule has 1 saturated heterocycles. The number of ether oxygens (including phenoxy) is 1. The van der Waals surface area contributed by atoms with E-state index in [0.717, 1.165) is 10.4 Å². The van der Waals surface area contributed by atoms with E-state index in [-0.39, 0.29) is 11.8 Å². The van der Waals surface area contributed by atoms with Crippen molar-refractivity contribution >= 4 is 35.2 Å². The Kier molecular flexibility index (Phi) is 6.03. The quantitative estimate of drug-likeness (QED) is 0.600. The summed E-state index contributed by atoms with van der Waals surface area (Å²) in [7, 11) is 1.34. The monoisotopic (exact) mass is 384 g/mol. The van der Waals surface area contributed by atoms with Gasteiger partial charge in [0.1, 0.15) is 0 Å². The van der Waals surface area contributed by atoms with Crippen molar-refractivity contribution < 1.29 is 19.1 Å². The van der Waals surface area contributed by atoms with Crippen molar-refractivity contribution in [1.29, 1.82) is 0 Å². The molecular formula is C20H20N2O4S. The van der Waals surface area contributed by atoms with Gasteiger partial charge in [0, 0.05) is 32.3 Å². The van der Waals surface area contributed by atoms with E-state index >= 15 is 0 Å². The molecule has 0 atom stereocenters. The summed E-state index contributed by atoms with van der Waals surface area (Å²) in [6, 6.07) is 10.5. The third-order valence-corrected chi connectivity index (χ3v) is 5.22. The standard InChI is InChI=1S/C20H20N2O4S/c1-26-20(25)16-7-4-15(5-8-16)6-9-18(23)21-10-12-22(13-11-21)19(24)17-3-2-14-27-17/h2-9,14H,10-13H2,1H3. The van der Waals surface area contributed by atoms with Crippen LogP contribution in [0.2, 0.25) is 0 Å². The molecule has 140 valence electrons. The minimum atomic E-state index is -0.392. The summed E-state index contributed by atoms with van der Waals surface area (Å²) >= 11 is 1.43. The molecule has 0 radical (unpaired) electrons. The van der Waals surface area contributed by atoms with Crippen LogP contribution in [0.15, 0.2) is 47.9 Å². The minimum absolute atomic E-state index is 0.0262. The van der Waals surface area contributed by atoms with Crippen LogP contribution in [0.3, 0.4) is 0 Å². The molecule has 0 saturated carbocycles. The third kappa shape index (κ3) is 4.62. The Morgan fingerprint density at radius 3 is 2.26 bits per heavy atom. The molecule has 0 bridgehead atoms. The molecule has 0 spiro atoms. The zero-order chi connectivity index (χ0) is 19.2. The summed E-state index contributed by atoms with van der Waals surface area (Å²) in [5.74, 6) is -0.454. The molecule has 7 heteroatoms. The largest absolute Gasteiger partial charge is 0.465 e. The van der Waals surface area contributed by atoms with Crippen molar-refractivity contribution in [2.45, 2.75) is 0 Å². The summed E-state index contributed by atoms with van der Waals surface area (Å²) in [5.41, 5.74) is 1.29. The fourth-order valence-corrected chi connectivity index (χ4v) is 3.50. The predicted molar refractivity (Wildman–Crippen MR) is 104 cm³/mol. The number of thiophene rings is 1. The summed E-state index contributed by atoms with van der Waals surface area (Å²) < 4.78 is 4.66. The van der Waals surface area contributed by atoms with Crippen LogP contribution >= 0.6 is 11.3 Å². The highest BCUT2D eigenvalue weighted by atomic mass is 32.1. The van der Waals surface area contributed by atoms with Gasteiger partial charge in [0.2, 0.25) is 5.91 Å². The Balaban J connectivity index is 1.52. The molecule has 2 aromatic rings. The van der Waals surface area contributed by atoms with Crippen molar-refractivity contribution in [3.8, 4) is 0 Å². The second kappa shape index (κ2) is 8.64. The maximum absolute atomic E-state index is 12.4. The zero-order valence-electron chi connectivity index (χ0n) is 15.0. The molecule has 1 aromatic heterocycles. The topological polar surface area (TPSA) is 66.9 Å². The summed E-state index contributed by atoms with van der Waals surface area (Å²) in [6.07, 6.45) is 3.23. The van der Waals surface area contributed by atoms with Gasteiger partial charge in [-0.2, -0.15) is 0 Å². The number of esters is 1. The smallest absolute Gasteiger partial charge is 0.337 e. The lowest BCUT2D eigenvalue weighted by Crippen LogP contribution is -2.50. The van der Waals surface area contributed by atoms with E-state index in [1.807, 2.05) is 17.5 Å². The van der Waals surface area contributed by atoms with Crippen LogP contribution in [0.5, 0.6) is 0 Å². The van der Waals surface area contributed by atoms with E-state index in [2.05, 4.69) is 4.74 Å². The Morgan fingerprint density at radius 2 is 1.67 bits per heavy atom. The number of hydrogen-bond donors (Lipinski definition) is 0. The molecule has 2 heterocycles. The van der Waals surface area contributed by atoms with Crippen molar-refractivity contribution in [3.63, 3.8) is 0 Å². The Hall–Kier alpha value is -2.93. The lowest BCUT2D eigenvalue weighted by atomic mass is 10.1. The van der Waals surface area contributed by atoms with Gasteiger partial charge in [-0.3, -0.25) is 9.59 Å². The van der Waals surface area contributed by atoms with Gasteiger partial charge in [-0.1, -0.05) is 18.2 Å². The van der Waals surface area contributed by atoms with Crippen LogP contribution < -0.4 is 0 Å². The number of nitrogens with zero attached hydrogens (tertiary/aromatic N) is 2. The highest BCUT2D eigenvalue weighted by Gasteiger charge is 2.24. The van der Waals surface area contributed by atoms with Crippen LogP contribution in [-0.2, 0) is 9.53 Å². The zero-order valence-corrected chi connectivity index (χ0v) is 15.8. The SMILES string of the molecule is COC(=O)c1ccc(C=CC(=O)N2CCN(C(=O)c3cccs3)CC2)cc1. The molecule has 1 aromatic carbocycles. The van der Waals surface area contributed by atoms with Crippen molar-refractivity contribution in [2.24, 2.45) is 0 Å². The second-order valence-electron chi connectivity index (χ2n) is 6.04. The van der Waals surface area contributed by atoms with Gasteiger partial charge >= 0.3 is 5.97 Å². The Bertz CT molecular complexity index is 835. The fraction of sp³-hybridized carbons (Fsp3) is 0.250. The maximum atomic E-state index is 12.4. The molecule has 27 heavy (non-hydrogen) atoms. The van der Waals surface area contributed by atoms with E-state index < -0.39 is 5.97 Å². The molecule has 1 aliphatic rings. The molecule has 1 fully saturated rings. The number of benzene rings is 1. The molecule has 0 N–H and O–H groups in total. The van der Waals surface area contributed by atoms with Crippen LogP contribution in [0, 0.1) is 0 Å². The predicted octanol–water partition coefficient (Wildman–Crippen LogP) is 2.53. The summed E-state index contributed by atoms with van der Waals surface area (Å²) in [4.78, 5) is 40.4.